The first-order valence-electron chi connectivity index (χ1n) is 9.92. The van der Waals surface area contributed by atoms with Gasteiger partial charge in [-0.2, -0.15) is 10.4 Å². The number of ether oxygens (including phenoxy) is 1. The molecule has 7 nitrogen and oxygen atoms in total. The topological polar surface area (TPSA) is 104 Å². The maximum Gasteiger partial charge on any atom is 0.280 e. The molecule has 0 aromatic heterocycles. The van der Waals surface area contributed by atoms with Gasteiger partial charge in [0.05, 0.1) is 17.8 Å². The third-order valence-corrected chi connectivity index (χ3v) is 4.51. The quantitative estimate of drug-likeness (QED) is 0.440. The predicted octanol–water partition coefficient (Wildman–Crippen LogP) is 4.04. The van der Waals surface area contributed by atoms with Crippen molar-refractivity contribution in [3.05, 3.63) is 95.1 Å². The lowest BCUT2D eigenvalue weighted by Crippen LogP contribution is -2.33. The molecule has 0 radical (unpaired) electrons. The van der Waals surface area contributed by atoms with Crippen LogP contribution in [0.1, 0.15) is 34.0 Å². The Morgan fingerprint density at radius 1 is 1.06 bits per heavy atom. The SMILES string of the molecule is Cc1ccc(C(=O)Nc2cccc(/C=N/NC(=O)C(C)Oc3ccc(C#N)cc3)c2)cc1. The van der Waals surface area contributed by atoms with Gasteiger partial charge in [-0.1, -0.05) is 29.8 Å². The summed E-state index contributed by atoms with van der Waals surface area (Å²) in [5, 5.41) is 15.6. The van der Waals surface area contributed by atoms with E-state index in [0.29, 0.717) is 28.1 Å². The van der Waals surface area contributed by atoms with Gasteiger partial charge in [-0.05, 0) is 67.9 Å². The van der Waals surface area contributed by atoms with Gasteiger partial charge in [0.1, 0.15) is 5.75 Å². The van der Waals surface area contributed by atoms with Crippen LogP contribution < -0.4 is 15.5 Å². The van der Waals surface area contributed by atoms with Crippen molar-refractivity contribution < 1.29 is 14.3 Å². The Balaban J connectivity index is 1.54. The minimum atomic E-state index is -0.778. The van der Waals surface area contributed by atoms with E-state index in [9.17, 15) is 9.59 Å². The van der Waals surface area contributed by atoms with Crippen molar-refractivity contribution in [2.45, 2.75) is 20.0 Å². The predicted molar refractivity (Wildman–Crippen MR) is 123 cm³/mol. The summed E-state index contributed by atoms with van der Waals surface area (Å²) in [6, 6.07) is 22.9. The smallest absolute Gasteiger partial charge is 0.280 e. The zero-order valence-electron chi connectivity index (χ0n) is 17.7. The van der Waals surface area contributed by atoms with Gasteiger partial charge in [0.25, 0.3) is 11.8 Å². The Morgan fingerprint density at radius 3 is 2.47 bits per heavy atom. The molecule has 0 spiro atoms. The highest BCUT2D eigenvalue weighted by Crippen LogP contribution is 2.14. The Kier molecular flexibility index (Phi) is 7.33. The monoisotopic (exact) mass is 426 g/mol. The molecule has 0 aliphatic heterocycles. The summed E-state index contributed by atoms with van der Waals surface area (Å²) in [6.45, 7) is 3.56. The number of nitrogens with zero attached hydrogens (tertiary/aromatic N) is 2. The Labute approximate surface area is 186 Å². The fourth-order valence-electron chi connectivity index (χ4n) is 2.73. The molecule has 3 aromatic rings. The molecule has 0 saturated heterocycles. The number of hydrogen-bond donors (Lipinski definition) is 2. The molecule has 160 valence electrons. The fraction of sp³-hybridized carbons (Fsp3) is 0.120. The summed E-state index contributed by atoms with van der Waals surface area (Å²) in [7, 11) is 0. The van der Waals surface area contributed by atoms with Crippen LogP contribution in [0.2, 0.25) is 0 Å². The van der Waals surface area contributed by atoms with Gasteiger partial charge in [-0.25, -0.2) is 5.43 Å². The van der Waals surface area contributed by atoms with Crippen molar-refractivity contribution in [2.75, 3.05) is 5.32 Å². The van der Waals surface area contributed by atoms with Crippen molar-refractivity contribution in [3.8, 4) is 11.8 Å². The van der Waals surface area contributed by atoms with Gasteiger partial charge < -0.3 is 10.1 Å². The molecule has 2 amide bonds. The summed E-state index contributed by atoms with van der Waals surface area (Å²) >= 11 is 0. The van der Waals surface area contributed by atoms with E-state index >= 15 is 0 Å². The van der Waals surface area contributed by atoms with Crippen molar-refractivity contribution >= 4 is 23.7 Å². The van der Waals surface area contributed by atoms with Crippen LogP contribution in [0.15, 0.2) is 77.9 Å². The van der Waals surface area contributed by atoms with Crippen LogP contribution in [0.5, 0.6) is 5.75 Å². The number of hydrazone groups is 1. The lowest BCUT2D eigenvalue weighted by Gasteiger charge is -2.12. The lowest BCUT2D eigenvalue weighted by molar-refractivity contribution is -0.127. The van der Waals surface area contributed by atoms with Crippen LogP contribution in [0, 0.1) is 18.3 Å². The molecule has 1 unspecified atom stereocenters. The second-order valence-corrected chi connectivity index (χ2v) is 7.08. The maximum atomic E-state index is 12.4. The zero-order valence-corrected chi connectivity index (χ0v) is 17.7. The standard InChI is InChI=1S/C25H22N4O3/c1-17-6-10-21(11-7-17)25(31)28-22-5-3-4-20(14-22)16-27-29-24(30)18(2)32-23-12-8-19(15-26)9-13-23/h3-14,16,18H,1-2H3,(H,28,31)(H,29,30)/b27-16+. The van der Waals surface area contributed by atoms with Crippen LogP contribution in [0.3, 0.4) is 0 Å². The van der Waals surface area contributed by atoms with Gasteiger partial charge in [-0.3, -0.25) is 9.59 Å². The van der Waals surface area contributed by atoms with Crippen molar-refractivity contribution in [3.63, 3.8) is 0 Å². The molecular weight excluding hydrogens is 404 g/mol. The average molecular weight is 426 g/mol. The van der Waals surface area contributed by atoms with E-state index in [0.717, 1.165) is 5.56 Å². The molecule has 3 aromatic carbocycles. The molecule has 3 rings (SSSR count). The van der Waals surface area contributed by atoms with Gasteiger partial charge in [0.2, 0.25) is 0 Å². The van der Waals surface area contributed by atoms with Crippen molar-refractivity contribution in [1.82, 2.24) is 5.43 Å². The van der Waals surface area contributed by atoms with Crippen LogP contribution in [-0.4, -0.2) is 24.1 Å². The normalized spacial score (nSPS) is 11.4. The number of carbonyl (C=O) groups excluding carboxylic acids is 2. The fourth-order valence-corrected chi connectivity index (χ4v) is 2.73. The summed E-state index contributed by atoms with van der Waals surface area (Å²) in [5.41, 5.74) is 5.91. The second kappa shape index (κ2) is 10.5. The van der Waals surface area contributed by atoms with Crippen LogP contribution in [-0.2, 0) is 4.79 Å². The van der Waals surface area contributed by atoms with Gasteiger partial charge >= 0.3 is 0 Å². The highest BCUT2D eigenvalue weighted by molar-refractivity contribution is 6.04. The van der Waals surface area contributed by atoms with Gasteiger partial charge in [-0.15, -0.1) is 0 Å². The highest BCUT2D eigenvalue weighted by Gasteiger charge is 2.14. The first-order valence-corrected chi connectivity index (χ1v) is 9.92. The van der Waals surface area contributed by atoms with E-state index in [1.165, 1.54) is 6.21 Å². The number of rotatable bonds is 7. The third-order valence-electron chi connectivity index (χ3n) is 4.51. The number of benzene rings is 3. The minimum absolute atomic E-state index is 0.207. The van der Waals surface area contributed by atoms with Crippen molar-refractivity contribution in [1.29, 1.82) is 5.26 Å². The average Bonchev–Trinajstić information content (AvgIpc) is 2.80. The number of amides is 2. The van der Waals surface area contributed by atoms with Crippen molar-refractivity contribution in [2.24, 2.45) is 5.10 Å². The minimum Gasteiger partial charge on any atom is -0.481 e. The van der Waals surface area contributed by atoms with E-state index in [4.69, 9.17) is 10.00 Å². The molecular formula is C25H22N4O3. The number of nitriles is 1. The summed E-state index contributed by atoms with van der Waals surface area (Å²) in [4.78, 5) is 24.6. The van der Waals surface area contributed by atoms with Gasteiger partial charge in [0.15, 0.2) is 6.10 Å². The van der Waals surface area contributed by atoms with E-state index < -0.39 is 12.0 Å². The first kappa shape index (κ1) is 22.2. The second-order valence-electron chi connectivity index (χ2n) is 7.08. The van der Waals surface area contributed by atoms with Crippen LogP contribution in [0.25, 0.3) is 0 Å². The Morgan fingerprint density at radius 2 is 1.78 bits per heavy atom. The number of nitrogens with one attached hydrogen (secondary N) is 2. The van der Waals surface area contributed by atoms with Crippen LogP contribution in [0.4, 0.5) is 5.69 Å². The molecule has 32 heavy (non-hydrogen) atoms. The highest BCUT2D eigenvalue weighted by atomic mass is 16.5. The van der Waals surface area contributed by atoms with E-state index in [1.54, 1.807) is 67.6 Å². The molecule has 1 atom stereocenters. The van der Waals surface area contributed by atoms with E-state index in [-0.39, 0.29) is 5.91 Å². The van der Waals surface area contributed by atoms with E-state index in [1.807, 2.05) is 25.1 Å². The summed E-state index contributed by atoms with van der Waals surface area (Å²) in [6.07, 6.45) is 0.702. The molecule has 0 saturated carbocycles. The Hall–Kier alpha value is -4.44. The number of anilines is 1. The molecule has 0 bridgehead atoms. The summed E-state index contributed by atoms with van der Waals surface area (Å²) < 4.78 is 5.55. The molecule has 0 heterocycles. The molecule has 0 aliphatic carbocycles. The zero-order chi connectivity index (χ0) is 22.9. The largest absolute Gasteiger partial charge is 0.481 e. The molecule has 7 heteroatoms. The summed E-state index contributed by atoms with van der Waals surface area (Å²) in [5.74, 6) is -0.150. The van der Waals surface area contributed by atoms with E-state index in [2.05, 4.69) is 15.8 Å². The molecule has 0 fully saturated rings. The number of aryl methyl sites for hydroxylation is 1. The lowest BCUT2D eigenvalue weighted by atomic mass is 10.1. The number of carbonyl (C=O) groups is 2. The number of hydrogen-bond acceptors (Lipinski definition) is 5. The third kappa shape index (κ3) is 6.28. The molecule has 0 aliphatic rings. The first-order chi connectivity index (χ1) is 15.4. The molecule has 2 N–H and O–H groups in total. The maximum absolute atomic E-state index is 12.4. The van der Waals surface area contributed by atoms with Crippen LogP contribution >= 0.6 is 0 Å². The van der Waals surface area contributed by atoms with Gasteiger partial charge in [0, 0.05) is 11.3 Å². The Bertz CT molecular complexity index is 1160.